The monoisotopic (exact) mass is 515 g/mol. The maximum absolute atomic E-state index is 14.3. The quantitative estimate of drug-likeness (QED) is 0.522. The molecule has 2 aromatic rings. The van der Waals surface area contributed by atoms with Crippen molar-refractivity contribution in [2.75, 3.05) is 17.1 Å². The van der Waals surface area contributed by atoms with Crippen molar-refractivity contribution in [3.8, 4) is 0 Å². The van der Waals surface area contributed by atoms with Gasteiger partial charge in [0.1, 0.15) is 24.2 Å². The standard InChI is InChI=1S/C23H28ClF2N3O4S/c1-5-15(2)27-23(31)16(3)28(13-17-8-6-7-9-20(17)25)22(30)14-29(34(4,32)33)18-10-11-21(26)19(24)12-18/h6-12,15-16H,5,13-14H2,1-4H3,(H,27,31)/t15-,16-/m0/s1. The molecule has 0 radical (unpaired) electrons. The Hall–Kier alpha value is -2.72. The number of anilines is 1. The van der Waals surface area contributed by atoms with Crippen molar-refractivity contribution in [2.24, 2.45) is 0 Å². The summed E-state index contributed by atoms with van der Waals surface area (Å²) in [4.78, 5) is 27.2. The van der Waals surface area contributed by atoms with Gasteiger partial charge in [0.15, 0.2) is 0 Å². The maximum atomic E-state index is 14.3. The zero-order chi connectivity index (χ0) is 25.6. The van der Waals surface area contributed by atoms with Crippen LogP contribution >= 0.6 is 11.6 Å². The number of benzene rings is 2. The van der Waals surface area contributed by atoms with E-state index in [0.29, 0.717) is 6.42 Å². The molecule has 1 N–H and O–H groups in total. The summed E-state index contributed by atoms with van der Waals surface area (Å²) in [7, 11) is -4.00. The molecule has 0 heterocycles. The highest BCUT2D eigenvalue weighted by Crippen LogP contribution is 2.25. The topological polar surface area (TPSA) is 86.8 Å². The molecule has 34 heavy (non-hydrogen) atoms. The lowest BCUT2D eigenvalue weighted by Crippen LogP contribution is -2.52. The summed E-state index contributed by atoms with van der Waals surface area (Å²) in [6, 6.07) is 7.85. The van der Waals surface area contributed by atoms with Gasteiger partial charge in [-0.2, -0.15) is 0 Å². The van der Waals surface area contributed by atoms with E-state index in [1.54, 1.807) is 13.0 Å². The second-order valence-corrected chi connectivity index (χ2v) is 10.3. The molecule has 2 atom stereocenters. The summed E-state index contributed by atoms with van der Waals surface area (Å²) in [6.07, 6.45) is 1.55. The molecule has 0 saturated heterocycles. The molecule has 0 aliphatic rings. The molecular weight excluding hydrogens is 488 g/mol. The first-order valence-corrected chi connectivity index (χ1v) is 12.8. The van der Waals surface area contributed by atoms with Crippen molar-refractivity contribution in [3.63, 3.8) is 0 Å². The summed E-state index contributed by atoms with van der Waals surface area (Å²) < 4.78 is 53.6. The number of carbonyl (C=O) groups excluding carboxylic acids is 2. The van der Waals surface area contributed by atoms with Gasteiger partial charge >= 0.3 is 0 Å². The van der Waals surface area contributed by atoms with Crippen LogP contribution in [0.2, 0.25) is 5.02 Å². The number of nitrogens with one attached hydrogen (secondary N) is 1. The van der Waals surface area contributed by atoms with Gasteiger partial charge in [0.2, 0.25) is 21.8 Å². The molecule has 0 aromatic heterocycles. The van der Waals surface area contributed by atoms with Crippen LogP contribution in [0.4, 0.5) is 14.5 Å². The van der Waals surface area contributed by atoms with Crippen LogP contribution in [0.3, 0.4) is 0 Å². The molecule has 7 nitrogen and oxygen atoms in total. The lowest BCUT2D eigenvalue weighted by Gasteiger charge is -2.32. The summed E-state index contributed by atoms with van der Waals surface area (Å²) in [5.74, 6) is -2.53. The van der Waals surface area contributed by atoms with Crippen molar-refractivity contribution in [1.82, 2.24) is 10.2 Å². The summed E-state index contributed by atoms with van der Waals surface area (Å²) >= 11 is 5.80. The van der Waals surface area contributed by atoms with E-state index in [0.717, 1.165) is 27.6 Å². The number of sulfonamides is 1. The van der Waals surface area contributed by atoms with Crippen LogP contribution in [0.15, 0.2) is 42.5 Å². The van der Waals surface area contributed by atoms with Crippen LogP contribution in [0.25, 0.3) is 0 Å². The fourth-order valence-corrected chi connectivity index (χ4v) is 4.13. The highest BCUT2D eigenvalue weighted by molar-refractivity contribution is 7.92. The lowest BCUT2D eigenvalue weighted by molar-refractivity contribution is -0.139. The molecule has 0 saturated carbocycles. The number of halogens is 3. The summed E-state index contributed by atoms with van der Waals surface area (Å²) in [5, 5.41) is 2.46. The van der Waals surface area contributed by atoms with Crippen molar-refractivity contribution in [2.45, 2.75) is 45.8 Å². The zero-order valence-electron chi connectivity index (χ0n) is 19.4. The molecule has 11 heteroatoms. The normalized spacial score (nSPS) is 13.1. The van der Waals surface area contributed by atoms with Gasteiger partial charge in [-0.25, -0.2) is 17.2 Å². The van der Waals surface area contributed by atoms with E-state index in [9.17, 15) is 26.8 Å². The molecule has 2 aromatic carbocycles. The van der Waals surface area contributed by atoms with Gasteiger partial charge in [-0.3, -0.25) is 13.9 Å². The first-order chi connectivity index (χ1) is 15.8. The molecule has 0 fully saturated rings. The molecule has 2 amide bonds. The number of hydrogen-bond acceptors (Lipinski definition) is 4. The Bertz CT molecular complexity index is 1150. The fourth-order valence-electron chi connectivity index (χ4n) is 3.11. The Morgan fingerprint density at radius 3 is 2.29 bits per heavy atom. The van der Waals surface area contributed by atoms with Crippen LogP contribution in [0, 0.1) is 11.6 Å². The Morgan fingerprint density at radius 1 is 1.09 bits per heavy atom. The minimum atomic E-state index is -4.00. The van der Waals surface area contributed by atoms with E-state index in [2.05, 4.69) is 5.32 Å². The van der Waals surface area contributed by atoms with Gasteiger partial charge in [0.05, 0.1) is 17.0 Å². The Labute approximate surface area is 203 Å². The third-order valence-corrected chi connectivity index (χ3v) is 6.77. The van der Waals surface area contributed by atoms with Crippen molar-refractivity contribution >= 4 is 39.1 Å². The predicted octanol–water partition coefficient (Wildman–Crippen LogP) is 3.72. The fraction of sp³-hybridized carbons (Fsp3) is 0.391. The second-order valence-electron chi connectivity index (χ2n) is 7.97. The zero-order valence-corrected chi connectivity index (χ0v) is 21.0. The molecule has 186 valence electrons. The number of carbonyl (C=O) groups is 2. The van der Waals surface area contributed by atoms with E-state index in [-0.39, 0.29) is 28.9 Å². The van der Waals surface area contributed by atoms with Crippen LogP contribution in [-0.4, -0.2) is 50.0 Å². The van der Waals surface area contributed by atoms with Crippen LogP contribution in [0.1, 0.15) is 32.8 Å². The Morgan fingerprint density at radius 2 is 1.74 bits per heavy atom. The van der Waals surface area contributed by atoms with Crippen molar-refractivity contribution in [1.29, 1.82) is 0 Å². The smallest absolute Gasteiger partial charge is 0.244 e. The molecule has 0 unspecified atom stereocenters. The third-order valence-electron chi connectivity index (χ3n) is 5.34. The second kappa shape index (κ2) is 11.6. The van der Waals surface area contributed by atoms with Gasteiger partial charge in [-0.1, -0.05) is 36.7 Å². The van der Waals surface area contributed by atoms with Gasteiger partial charge in [0.25, 0.3) is 0 Å². The number of nitrogens with zero attached hydrogens (tertiary/aromatic N) is 2. The average Bonchev–Trinajstić information content (AvgIpc) is 2.77. The molecule has 0 aliphatic carbocycles. The molecule has 2 rings (SSSR count). The largest absolute Gasteiger partial charge is 0.352 e. The maximum Gasteiger partial charge on any atom is 0.244 e. The van der Waals surface area contributed by atoms with Gasteiger partial charge < -0.3 is 10.2 Å². The SMILES string of the molecule is CC[C@H](C)NC(=O)[C@H](C)N(Cc1ccccc1F)C(=O)CN(c1ccc(F)c(Cl)c1)S(C)(=O)=O. The molecular formula is C23H28ClF2N3O4S. The first kappa shape index (κ1) is 27.5. The van der Waals surface area contributed by atoms with Gasteiger partial charge in [0, 0.05) is 18.2 Å². The molecule has 0 bridgehead atoms. The van der Waals surface area contributed by atoms with Crippen LogP contribution in [0.5, 0.6) is 0 Å². The van der Waals surface area contributed by atoms with E-state index in [1.807, 2.05) is 6.92 Å². The average molecular weight is 516 g/mol. The highest BCUT2D eigenvalue weighted by Gasteiger charge is 2.31. The summed E-state index contributed by atoms with van der Waals surface area (Å²) in [6.45, 7) is 4.21. The minimum absolute atomic E-state index is 0.0233. The predicted molar refractivity (Wildman–Crippen MR) is 128 cm³/mol. The Kier molecular flexibility index (Phi) is 9.40. The minimum Gasteiger partial charge on any atom is -0.352 e. The number of hydrogen-bond donors (Lipinski definition) is 1. The van der Waals surface area contributed by atoms with Crippen molar-refractivity contribution < 1.29 is 26.8 Å². The van der Waals surface area contributed by atoms with Gasteiger partial charge in [-0.15, -0.1) is 0 Å². The molecule has 0 aliphatic heterocycles. The van der Waals surface area contributed by atoms with Gasteiger partial charge in [-0.05, 0) is 44.5 Å². The highest BCUT2D eigenvalue weighted by atomic mass is 35.5. The van der Waals surface area contributed by atoms with Crippen LogP contribution in [-0.2, 0) is 26.2 Å². The third kappa shape index (κ3) is 7.14. The van der Waals surface area contributed by atoms with E-state index >= 15 is 0 Å². The Balaban J connectivity index is 2.42. The number of rotatable bonds is 10. The number of amides is 2. The van der Waals surface area contributed by atoms with Crippen LogP contribution < -0.4 is 9.62 Å². The lowest BCUT2D eigenvalue weighted by atomic mass is 10.1. The first-order valence-electron chi connectivity index (χ1n) is 10.6. The van der Waals surface area contributed by atoms with E-state index in [1.165, 1.54) is 31.2 Å². The molecule has 0 spiro atoms. The van der Waals surface area contributed by atoms with E-state index in [4.69, 9.17) is 11.6 Å². The summed E-state index contributed by atoms with van der Waals surface area (Å²) in [5.41, 5.74) is 0.138. The van der Waals surface area contributed by atoms with E-state index < -0.39 is 46.1 Å². The van der Waals surface area contributed by atoms with Crippen molar-refractivity contribution in [3.05, 3.63) is 64.7 Å².